The highest BCUT2D eigenvalue weighted by molar-refractivity contribution is 5.89. The fourth-order valence-electron chi connectivity index (χ4n) is 2.47. The van der Waals surface area contributed by atoms with E-state index in [1.165, 1.54) is 6.33 Å². The van der Waals surface area contributed by atoms with Gasteiger partial charge in [-0.3, -0.25) is 4.79 Å². The van der Waals surface area contributed by atoms with E-state index in [-0.39, 0.29) is 5.78 Å². The molecule has 96 valence electrons. The van der Waals surface area contributed by atoms with Crippen LogP contribution < -0.4 is 0 Å². The first-order chi connectivity index (χ1) is 8.57. The fraction of sp³-hybridized carbons (Fsp3) is 0.692. The summed E-state index contributed by atoms with van der Waals surface area (Å²) in [6, 6.07) is 2.22. The first-order valence-electron chi connectivity index (χ1n) is 6.38. The zero-order valence-electron chi connectivity index (χ0n) is 10.9. The summed E-state index contributed by atoms with van der Waals surface area (Å²) in [7, 11) is 0. The Labute approximate surface area is 107 Å². The number of hydrogen-bond donors (Lipinski definition) is 0. The van der Waals surface area contributed by atoms with Crippen molar-refractivity contribution in [2.75, 3.05) is 0 Å². The third-order valence-electron chi connectivity index (χ3n) is 3.45. The van der Waals surface area contributed by atoms with Crippen LogP contribution in [0, 0.1) is 22.7 Å². The zero-order chi connectivity index (χ0) is 13.2. The second-order valence-electron chi connectivity index (χ2n) is 5.40. The molecule has 2 rings (SSSR count). The van der Waals surface area contributed by atoms with Crippen LogP contribution in [0.4, 0.5) is 0 Å². The molecule has 1 atom stereocenters. The molecule has 0 aromatic carbocycles. The molecule has 5 heteroatoms. The van der Waals surface area contributed by atoms with Gasteiger partial charge in [-0.05, 0) is 18.8 Å². The van der Waals surface area contributed by atoms with E-state index in [9.17, 15) is 10.1 Å². The van der Waals surface area contributed by atoms with Gasteiger partial charge in [0.05, 0.1) is 6.07 Å². The predicted molar refractivity (Wildman–Crippen MR) is 65.5 cm³/mol. The summed E-state index contributed by atoms with van der Waals surface area (Å²) in [6.07, 6.45) is 3.88. The van der Waals surface area contributed by atoms with Crippen molar-refractivity contribution in [1.82, 2.24) is 14.8 Å². The molecular weight excluding hydrogens is 228 g/mol. The summed E-state index contributed by atoms with van der Waals surface area (Å²) < 4.78 is 1.81. The molecule has 0 bridgehead atoms. The van der Waals surface area contributed by atoms with E-state index in [2.05, 4.69) is 30.0 Å². The molecule has 0 N–H and O–H groups in total. The summed E-state index contributed by atoms with van der Waals surface area (Å²) in [5, 5.41) is 13.5. The Morgan fingerprint density at radius 1 is 1.61 bits per heavy atom. The second-order valence-corrected chi connectivity index (χ2v) is 5.40. The highest BCUT2D eigenvalue weighted by Gasteiger charge is 2.43. The highest BCUT2D eigenvalue weighted by Crippen LogP contribution is 2.36. The highest BCUT2D eigenvalue weighted by atomic mass is 16.1. The molecule has 1 aliphatic carbocycles. The smallest absolute Gasteiger partial charge is 0.153 e. The number of aromatic nitrogens is 3. The van der Waals surface area contributed by atoms with Crippen LogP contribution in [0.3, 0.4) is 0 Å². The molecule has 0 spiro atoms. The Bertz CT molecular complexity index is 485. The Kier molecular flexibility index (Phi) is 3.46. The summed E-state index contributed by atoms with van der Waals surface area (Å²) in [6.45, 7) is 4.98. The van der Waals surface area contributed by atoms with Crippen LogP contribution in [0.5, 0.6) is 0 Å². The predicted octanol–water partition coefficient (Wildman–Crippen LogP) is 1.74. The average Bonchev–Trinajstić information content (AvgIpc) is 2.88. The Morgan fingerprint density at radius 3 is 2.94 bits per heavy atom. The van der Waals surface area contributed by atoms with E-state index in [1.807, 2.05) is 4.68 Å². The maximum absolute atomic E-state index is 11.9. The van der Waals surface area contributed by atoms with Crippen molar-refractivity contribution < 1.29 is 4.79 Å². The number of nitrogens with zero attached hydrogens (tertiary/aromatic N) is 4. The second kappa shape index (κ2) is 4.89. The van der Waals surface area contributed by atoms with Gasteiger partial charge in [0, 0.05) is 19.4 Å². The van der Waals surface area contributed by atoms with Crippen molar-refractivity contribution in [1.29, 1.82) is 5.26 Å². The molecule has 18 heavy (non-hydrogen) atoms. The van der Waals surface area contributed by atoms with E-state index in [4.69, 9.17) is 0 Å². The van der Waals surface area contributed by atoms with Crippen molar-refractivity contribution in [2.45, 2.75) is 46.1 Å². The van der Waals surface area contributed by atoms with Gasteiger partial charge in [-0.1, -0.05) is 13.8 Å². The maximum atomic E-state index is 11.9. The average molecular weight is 246 g/mol. The molecule has 5 nitrogen and oxygen atoms in total. The lowest BCUT2D eigenvalue weighted by atomic mass is 9.83. The van der Waals surface area contributed by atoms with Crippen LogP contribution >= 0.6 is 0 Å². The van der Waals surface area contributed by atoms with Crippen molar-refractivity contribution >= 4 is 5.78 Å². The minimum Gasteiger partial charge on any atom is -0.298 e. The van der Waals surface area contributed by atoms with Gasteiger partial charge in [0.1, 0.15) is 17.6 Å². The van der Waals surface area contributed by atoms with Crippen LogP contribution in [0.15, 0.2) is 6.33 Å². The topological polar surface area (TPSA) is 71.6 Å². The third-order valence-corrected chi connectivity index (χ3v) is 3.45. The number of carbonyl (C=O) groups is 1. The molecule has 0 amide bonds. The first kappa shape index (κ1) is 12.7. The molecule has 1 aromatic rings. The molecule has 0 radical (unpaired) electrons. The first-order valence-corrected chi connectivity index (χ1v) is 6.38. The third kappa shape index (κ3) is 2.28. The van der Waals surface area contributed by atoms with Crippen molar-refractivity contribution in [3.05, 3.63) is 12.2 Å². The lowest BCUT2D eigenvalue weighted by Crippen LogP contribution is -2.28. The normalized spacial score (nSPS) is 23.6. The number of rotatable bonds is 4. The van der Waals surface area contributed by atoms with Gasteiger partial charge in [-0.15, -0.1) is 0 Å². The largest absolute Gasteiger partial charge is 0.298 e. The Balaban J connectivity index is 2.21. The molecule has 1 saturated carbocycles. The Hall–Kier alpha value is -1.70. The molecule has 1 aliphatic rings. The standard InChI is InChI=1S/C13H18N4O/c1-10(2)7-17-12(15-9-16-17)6-13(8-14)5-3-4-11(13)18/h9-10H,3-7H2,1-2H3. The Morgan fingerprint density at radius 2 is 2.39 bits per heavy atom. The van der Waals surface area contributed by atoms with Gasteiger partial charge in [0.2, 0.25) is 0 Å². The zero-order valence-corrected chi connectivity index (χ0v) is 10.9. The van der Waals surface area contributed by atoms with Crippen LogP contribution in [0.2, 0.25) is 0 Å². The van der Waals surface area contributed by atoms with Crippen molar-refractivity contribution in [3.63, 3.8) is 0 Å². The quantitative estimate of drug-likeness (QED) is 0.811. The molecule has 0 aliphatic heterocycles. The van der Waals surface area contributed by atoms with Crippen LogP contribution in [0.1, 0.15) is 38.9 Å². The summed E-state index contributed by atoms with van der Waals surface area (Å²) in [5.41, 5.74) is -0.859. The van der Waals surface area contributed by atoms with E-state index in [0.717, 1.165) is 18.8 Å². The van der Waals surface area contributed by atoms with E-state index < -0.39 is 5.41 Å². The molecule has 1 heterocycles. The van der Waals surface area contributed by atoms with Gasteiger partial charge in [0.25, 0.3) is 0 Å². The van der Waals surface area contributed by atoms with E-state index in [0.29, 0.717) is 25.2 Å². The van der Waals surface area contributed by atoms with Gasteiger partial charge in [0.15, 0.2) is 5.78 Å². The van der Waals surface area contributed by atoms with E-state index in [1.54, 1.807) is 0 Å². The van der Waals surface area contributed by atoms with Crippen molar-refractivity contribution in [3.8, 4) is 6.07 Å². The minimum absolute atomic E-state index is 0.0593. The van der Waals surface area contributed by atoms with Gasteiger partial charge in [-0.25, -0.2) is 9.67 Å². The molecule has 1 fully saturated rings. The molecule has 0 saturated heterocycles. The monoisotopic (exact) mass is 246 g/mol. The lowest BCUT2D eigenvalue weighted by Gasteiger charge is -2.18. The van der Waals surface area contributed by atoms with Crippen LogP contribution in [-0.4, -0.2) is 20.5 Å². The van der Waals surface area contributed by atoms with Gasteiger partial charge in [-0.2, -0.15) is 10.4 Å². The molecule has 1 aromatic heterocycles. The summed E-state index contributed by atoms with van der Waals surface area (Å²) in [5.74, 6) is 1.27. The van der Waals surface area contributed by atoms with Crippen molar-refractivity contribution in [2.24, 2.45) is 11.3 Å². The lowest BCUT2D eigenvalue weighted by molar-refractivity contribution is -0.123. The number of Topliss-reactive ketones (excluding diaryl/α,β-unsaturated/α-hetero) is 1. The molecular formula is C13H18N4O. The molecule has 1 unspecified atom stereocenters. The van der Waals surface area contributed by atoms with Gasteiger partial charge < -0.3 is 0 Å². The van der Waals surface area contributed by atoms with E-state index >= 15 is 0 Å². The summed E-state index contributed by atoms with van der Waals surface area (Å²) in [4.78, 5) is 16.1. The van der Waals surface area contributed by atoms with Crippen LogP contribution in [0.25, 0.3) is 0 Å². The summed E-state index contributed by atoms with van der Waals surface area (Å²) >= 11 is 0. The number of hydrogen-bond acceptors (Lipinski definition) is 4. The SMILES string of the molecule is CC(C)Cn1ncnc1CC1(C#N)CCCC1=O. The number of ketones is 1. The fourth-order valence-corrected chi connectivity index (χ4v) is 2.47. The number of carbonyl (C=O) groups excluding carboxylic acids is 1. The maximum Gasteiger partial charge on any atom is 0.153 e. The van der Waals surface area contributed by atoms with Gasteiger partial charge >= 0.3 is 0 Å². The number of nitriles is 1. The van der Waals surface area contributed by atoms with Crippen LogP contribution in [-0.2, 0) is 17.8 Å². The minimum atomic E-state index is -0.859.